The summed E-state index contributed by atoms with van der Waals surface area (Å²) in [4.78, 5) is 4.38. The van der Waals surface area contributed by atoms with E-state index in [1.807, 2.05) is 0 Å². The minimum absolute atomic E-state index is 0.289. The molecule has 0 saturated heterocycles. The van der Waals surface area contributed by atoms with Crippen LogP contribution < -0.4 is 0 Å². The Bertz CT molecular complexity index is 299. The minimum Gasteiger partial charge on any atom is -0.504 e. The van der Waals surface area contributed by atoms with E-state index in [1.54, 1.807) is 0 Å². The van der Waals surface area contributed by atoms with E-state index in [9.17, 15) is 4.39 Å². The van der Waals surface area contributed by atoms with E-state index >= 15 is 0 Å². The van der Waals surface area contributed by atoms with Crippen molar-refractivity contribution in [1.82, 2.24) is 0 Å². The highest BCUT2D eigenvalue weighted by Gasteiger charge is 2.02. The van der Waals surface area contributed by atoms with Crippen LogP contribution in [0, 0.1) is 5.82 Å². The van der Waals surface area contributed by atoms with Gasteiger partial charge in [0.1, 0.15) is 7.11 Å². The number of hydrogen-bond acceptors (Lipinski definition) is 3. The summed E-state index contributed by atoms with van der Waals surface area (Å²) in [6.07, 6.45) is 1.23. The van der Waals surface area contributed by atoms with Crippen LogP contribution in [-0.2, 0) is 4.84 Å². The minimum atomic E-state index is -0.671. The van der Waals surface area contributed by atoms with E-state index in [-0.39, 0.29) is 5.56 Å². The fourth-order valence-corrected chi connectivity index (χ4v) is 0.746. The van der Waals surface area contributed by atoms with Crippen LogP contribution >= 0.6 is 0 Å². The topological polar surface area (TPSA) is 41.8 Å². The van der Waals surface area contributed by atoms with Crippen LogP contribution in [0.2, 0.25) is 0 Å². The maximum atomic E-state index is 12.7. The zero-order valence-corrected chi connectivity index (χ0v) is 6.49. The molecule has 0 saturated carbocycles. The Kier molecular flexibility index (Phi) is 2.63. The van der Waals surface area contributed by atoms with Crippen LogP contribution in [0.5, 0.6) is 5.75 Å². The fourth-order valence-electron chi connectivity index (χ4n) is 0.746. The molecular weight excluding hydrogens is 161 g/mol. The number of phenols is 1. The second-order valence-electron chi connectivity index (χ2n) is 2.09. The Morgan fingerprint density at radius 2 is 2.33 bits per heavy atom. The van der Waals surface area contributed by atoms with Crippen LogP contribution in [0.15, 0.2) is 23.4 Å². The molecule has 4 heteroatoms. The predicted molar refractivity (Wildman–Crippen MR) is 42.7 cm³/mol. The number of aromatic hydroxyl groups is 1. The number of nitrogens with zero attached hydrogens (tertiary/aromatic N) is 1. The summed E-state index contributed by atoms with van der Waals surface area (Å²) in [6, 6.07) is 4.17. The highest BCUT2D eigenvalue weighted by molar-refractivity contribution is 5.82. The monoisotopic (exact) mass is 169 g/mol. The number of para-hydroxylation sites is 1. The molecule has 12 heavy (non-hydrogen) atoms. The molecule has 0 aromatic heterocycles. The lowest BCUT2D eigenvalue weighted by atomic mass is 10.2. The van der Waals surface area contributed by atoms with E-state index in [0.717, 1.165) is 0 Å². The number of phenolic OH excluding ortho intramolecular Hbond substituents is 1. The van der Waals surface area contributed by atoms with Gasteiger partial charge < -0.3 is 9.94 Å². The molecule has 0 aliphatic rings. The maximum absolute atomic E-state index is 12.7. The number of rotatable bonds is 2. The van der Waals surface area contributed by atoms with Gasteiger partial charge in [-0.15, -0.1) is 0 Å². The Hall–Kier alpha value is -1.58. The van der Waals surface area contributed by atoms with Gasteiger partial charge in [-0.1, -0.05) is 11.2 Å². The van der Waals surface area contributed by atoms with Crippen molar-refractivity contribution in [3.05, 3.63) is 29.6 Å². The van der Waals surface area contributed by atoms with E-state index in [1.165, 1.54) is 31.5 Å². The first-order valence-electron chi connectivity index (χ1n) is 3.29. The second kappa shape index (κ2) is 3.71. The van der Waals surface area contributed by atoms with Crippen molar-refractivity contribution < 1.29 is 14.3 Å². The smallest absolute Gasteiger partial charge is 0.165 e. The highest BCUT2D eigenvalue weighted by atomic mass is 19.1. The van der Waals surface area contributed by atoms with Crippen LogP contribution in [0.1, 0.15) is 5.56 Å². The van der Waals surface area contributed by atoms with Crippen molar-refractivity contribution in [1.29, 1.82) is 0 Å². The molecular formula is C8H8FNO2. The number of benzene rings is 1. The summed E-state index contributed by atoms with van der Waals surface area (Å²) >= 11 is 0. The zero-order valence-electron chi connectivity index (χ0n) is 6.49. The van der Waals surface area contributed by atoms with Gasteiger partial charge in [-0.3, -0.25) is 0 Å². The van der Waals surface area contributed by atoms with Gasteiger partial charge in [-0.05, 0) is 12.1 Å². The molecule has 3 nitrogen and oxygen atoms in total. The molecule has 1 N–H and O–H groups in total. The second-order valence-corrected chi connectivity index (χ2v) is 2.09. The standard InChI is InChI=1S/C8H8FNO2/c1-12-10-5-6-3-2-4-7(9)8(6)11/h2-5,11H,1H3/b10-5-. The van der Waals surface area contributed by atoms with Gasteiger partial charge in [0.05, 0.1) is 6.21 Å². The molecule has 1 rings (SSSR count). The molecule has 0 bridgehead atoms. The van der Waals surface area contributed by atoms with E-state index in [0.29, 0.717) is 0 Å². The summed E-state index contributed by atoms with van der Waals surface area (Å²) in [5.74, 6) is -1.09. The zero-order chi connectivity index (χ0) is 8.97. The molecule has 1 aromatic rings. The molecule has 0 aliphatic heterocycles. The number of hydrogen-bond donors (Lipinski definition) is 1. The molecule has 0 unspecified atom stereocenters. The largest absolute Gasteiger partial charge is 0.504 e. The lowest BCUT2D eigenvalue weighted by Crippen LogP contribution is -1.85. The van der Waals surface area contributed by atoms with Crippen LogP contribution in [0.4, 0.5) is 4.39 Å². The van der Waals surface area contributed by atoms with Gasteiger partial charge in [0.25, 0.3) is 0 Å². The third kappa shape index (κ3) is 1.72. The third-order valence-corrected chi connectivity index (χ3v) is 1.32. The van der Waals surface area contributed by atoms with Gasteiger partial charge >= 0.3 is 0 Å². The van der Waals surface area contributed by atoms with Crippen molar-refractivity contribution in [2.45, 2.75) is 0 Å². The van der Waals surface area contributed by atoms with E-state index in [2.05, 4.69) is 9.99 Å². The van der Waals surface area contributed by atoms with Gasteiger partial charge in [-0.25, -0.2) is 4.39 Å². The molecule has 0 spiro atoms. The van der Waals surface area contributed by atoms with Crippen LogP contribution in [0.25, 0.3) is 0 Å². The molecule has 0 fully saturated rings. The lowest BCUT2D eigenvalue weighted by molar-refractivity contribution is 0.215. The normalized spacial score (nSPS) is 10.5. The summed E-state index contributed by atoms with van der Waals surface area (Å²) in [5.41, 5.74) is 0.289. The molecule has 1 aromatic carbocycles. The Morgan fingerprint density at radius 3 is 3.00 bits per heavy atom. The molecule has 0 amide bonds. The lowest BCUT2D eigenvalue weighted by Gasteiger charge is -1.97. The summed E-state index contributed by atoms with van der Waals surface area (Å²) in [5, 5.41) is 12.5. The Balaban J connectivity index is 3.00. The predicted octanol–water partition coefficient (Wildman–Crippen LogP) is 1.51. The first kappa shape index (κ1) is 8.52. The number of halogens is 1. The first-order valence-corrected chi connectivity index (χ1v) is 3.29. The molecule has 0 radical (unpaired) electrons. The van der Waals surface area contributed by atoms with Crippen molar-refractivity contribution in [2.75, 3.05) is 7.11 Å². The molecule has 0 heterocycles. The van der Waals surface area contributed by atoms with E-state index in [4.69, 9.17) is 5.11 Å². The molecule has 0 aliphatic carbocycles. The summed E-state index contributed by atoms with van der Waals surface area (Å²) in [7, 11) is 1.37. The SMILES string of the molecule is CO/N=C\c1cccc(F)c1O. The van der Waals surface area contributed by atoms with Crippen molar-refractivity contribution >= 4 is 6.21 Å². The average molecular weight is 169 g/mol. The molecule has 64 valence electrons. The number of oxime groups is 1. The quantitative estimate of drug-likeness (QED) is 0.538. The highest BCUT2D eigenvalue weighted by Crippen LogP contribution is 2.18. The van der Waals surface area contributed by atoms with E-state index < -0.39 is 11.6 Å². The fraction of sp³-hybridized carbons (Fsp3) is 0.125. The first-order chi connectivity index (χ1) is 5.75. The van der Waals surface area contributed by atoms with Gasteiger partial charge in [-0.2, -0.15) is 0 Å². The van der Waals surface area contributed by atoms with Crippen LogP contribution in [-0.4, -0.2) is 18.4 Å². The van der Waals surface area contributed by atoms with Gasteiger partial charge in [0.2, 0.25) is 0 Å². The average Bonchev–Trinajstić information content (AvgIpc) is 2.08. The van der Waals surface area contributed by atoms with Gasteiger partial charge in [0.15, 0.2) is 11.6 Å². The van der Waals surface area contributed by atoms with Gasteiger partial charge in [0, 0.05) is 5.56 Å². The van der Waals surface area contributed by atoms with Crippen molar-refractivity contribution in [3.8, 4) is 5.75 Å². The Labute approximate surface area is 69.1 Å². The van der Waals surface area contributed by atoms with Crippen molar-refractivity contribution in [3.63, 3.8) is 0 Å². The summed E-state index contributed by atoms with van der Waals surface area (Å²) in [6.45, 7) is 0. The molecule has 0 atom stereocenters. The third-order valence-electron chi connectivity index (χ3n) is 1.32. The Morgan fingerprint density at radius 1 is 1.58 bits per heavy atom. The maximum Gasteiger partial charge on any atom is 0.165 e. The summed E-state index contributed by atoms with van der Waals surface area (Å²) < 4.78 is 12.7. The van der Waals surface area contributed by atoms with Crippen molar-refractivity contribution in [2.24, 2.45) is 5.16 Å². The van der Waals surface area contributed by atoms with Crippen LogP contribution in [0.3, 0.4) is 0 Å².